The monoisotopic (exact) mass is 360 g/mol. The number of hydrogen-bond donors (Lipinski definition) is 1. The van der Waals surface area contributed by atoms with Gasteiger partial charge in [-0.05, 0) is 31.0 Å². The summed E-state index contributed by atoms with van der Waals surface area (Å²) >= 11 is 6.11. The molecule has 2 N–H and O–H groups in total. The van der Waals surface area contributed by atoms with E-state index in [2.05, 4.69) is 37.7 Å². The first-order chi connectivity index (χ1) is 12.1. The normalized spacial score (nSPS) is 24.4. The number of nitrogens with two attached hydrogens (primary N) is 1. The van der Waals surface area contributed by atoms with Gasteiger partial charge in [-0.2, -0.15) is 0 Å². The average molecular weight is 361 g/mol. The van der Waals surface area contributed by atoms with E-state index < -0.39 is 0 Å². The minimum absolute atomic E-state index is 0.338. The number of aromatic nitrogens is 3. The number of anilines is 1. The van der Waals surface area contributed by atoms with Gasteiger partial charge in [0.05, 0.1) is 6.54 Å². The summed E-state index contributed by atoms with van der Waals surface area (Å²) in [5, 5.41) is 9.64. The third kappa shape index (κ3) is 3.52. The number of nitrogens with zero attached hydrogens (tertiary/aromatic N) is 5. The van der Waals surface area contributed by atoms with Gasteiger partial charge in [0.15, 0.2) is 0 Å². The second kappa shape index (κ2) is 6.94. The van der Waals surface area contributed by atoms with Crippen molar-refractivity contribution in [1.82, 2.24) is 19.7 Å². The highest BCUT2D eigenvalue weighted by Gasteiger charge is 2.31. The molecule has 1 aromatic carbocycles. The van der Waals surface area contributed by atoms with Crippen molar-refractivity contribution < 1.29 is 0 Å². The molecule has 134 valence electrons. The van der Waals surface area contributed by atoms with Crippen LogP contribution in [0.4, 0.5) is 5.69 Å². The van der Waals surface area contributed by atoms with E-state index in [0.29, 0.717) is 12.0 Å². The fourth-order valence-corrected chi connectivity index (χ4v) is 3.96. The van der Waals surface area contributed by atoms with Crippen molar-refractivity contribution in [3.63, 3.8) is 0 Å². The second-order valence-electron chi connectivity index (χ2n) is 7.20. The van der Waals surface area contributed by atoms with Gasteiger partial charge >= 0.3 is 0 Å². The van der Waals surface area contributed by atoms with Crippen molar-refractivity contribution in [1.29, 1.82) is 0 Å². The van der Waals surface area contributed by atoms with Gasteiger partial charge in [0.2, 0.25) is 0 Å². The van der Waals surface area contributed by atoms with E-state index in [9.17, 15) is 0 Å². The highest BCUT2D eigenvalue weighted by Crippen LogP contribution is 2.34. The zero-order valence-electron chi connectivity index (χ0n) is 14.6. The van der Waals surface area contributed by atoms with Gasteiger partial charge in [-0.15, -0.1) is 10.2 Å². The van der Waals surface area contributed by atoms with Crippen molar-refractivity contribution in [2.24, 2.45) is 12.8 Å². The number of hydrogen-bond acceptors (Lipinski definition) is 5. The minimum Gasteiger partial charge on any atom is -0.369 e. The van der Waals surface area contributed by atoms with Crippen LogP contribution in [0.5, 0.6) is 0 Å². The number of piperazine rings is 1. The van der Waals surface area contributed by atoms with Crippen LogP contribution in [-0.2, 0) is 13.6 Å². The van der Waals surface area contributed by atoms with E-state index in [1.54, 1.807) is 0 Å². The largest absolute Gasteiger partial charge is 0.369 e. The van der Waals surface area contributed by atoms with Crippen LogP contribution in [0, 0.1) is 0 Å². The predicted octanol–water partition coefficient (Wildman–Crippen LogP) is 2.00. The van der Waals surface area contributed by atoms with E-state index in [4.69, 9.17) is 17.3 Å². The molecule has 1 saturated carbocycles. The van der Waals surface area contributed by atoms with E-state index in [-0.39, 0.29) is 0 Å². The standard InChI is InChI=1S/C18H25ClN6/c1-23-17(21-22-18(23)13-9-15(20)10-13)12-24-5-7-25(8-6-24)16-4-2-3-14(19)11-16/h2-4,11,13,15H,5-10,12,20H2,1H3. The molecule has 0 bridgehead atoms. The highest BCUT2D eigenvalue weighted by atomic mass is 35.5. The summed E-state index contributed by atoms with van der Waals surface area (Å²) in [5.41, 5.74) is 7.11. The molecule has 1 aliphatic heterocycles. The van der Waals surface area contributed by atoms with Crippen molar-refractivity contribution in [2.75, 3.05) is 31.1 Å². The molecule has 2 aliphatic rings. The lowest BCUT2D eigenvalue weighted by Gasteiger charge is -2.36. The quantitative estimate of drug-likeness (QED) is 0.903. The van der Waals surface area contributed by atoms with Crippen LogP contribution in [0.2, 0.25) is 5.02 Å². The maximum atomic E-state index is 6.11. The summed E-state index contributed by atoms with van der Waals surface area (Å²) in [6.07, 6.45) is 2.06. The molecule has 4 rings (SSSR count). The van der Waals surface area contributed by atoms with Gasteiger partial charge in [0.1, 0.15) is 11.6 Å². The first kappa shape index (κ1) is 16.8. The molecule has 0 spiro atoms. The van der Waals surface area contributed by atoms with Crippen LogP contribution in [0.25, 0.3) is 0 Å². The molecular formula is C18H25ClN6. The van der Waals surface area contributed by atoms with Crippen LogP contribution in [0.3, 0.4) is 0 Å². The summed E-state index contributed by atoms with van der Waals surface area (Å²) in [7, 11) is 2.08. The SMILES string of the molecule is Cn1c(CN2CCN(c3cccc(Cl)c3)CC2)nnc1C1CC(N)C1. The second-order valence-corrected chi connectivity index (χ2v) is 7.64. The van der Waals surface area contributed by atoms with Crippen molar-refractivity contribution >= 4 is 17.3 Å². The smallest absolute Gasteiger partial charge is 0.146 e. The molecule has 2 fully saturated rings. The lowest BCUT2D eigenvalue weighted by molar-refractivity contribution is 0.240. The van der Waals surface area contributed by atoms with E-state index in [0.717, 1.165) is 62.2 Å². The topological polar surface area (TPSA) is 63.2 Å². The molecule has 6 nitrogen and oxygen atoms in total. The summed E-state index contributed by atoms with van der Waals surface area (Å²) in [4.78, 5) is 4.83. The Morgan fingerprint density at radius 2 is 1.92 bits per heavy atom. The fourth-order valence-electron chi connectivity index (χ4n) is 3.78. The number of halogens is 1. The molecule has 0 unspecified atom stereocenters. The summed E-state index contributed by atoms with van der Waals surface area (Å²) < 4.78 is 2.17. The zero-order valence-corrected chi connectivity index (χ0v) is 15.4. The Hall–Kier alpha value is -1.63. The third-order valence-electron chi connectivity index (χ3n) is 5.45. The molecule has 0 amide bonds. The molecule has 1 saturated heterocycles. The van der Waals surface area contributed by atoms with E-state index in [1.165, 1.54) is 5.69 Å². The first-order valence-electron chi connectivity index (χ1n) is 8.97. The Bertz CT molecular complexity index is 731. The molecule has 0 atom stereocenters. The van der Waals surface area contributed by atoms with Crippen LogP contribution >= 0.6 is 11.6 Å². The predicted molar refractivity (Wildman–Crippen MR) is 99.9 cm³/mol. The minimum atomic E-state index is 0.338. The molecule has 0 radical (unpaired) electrons. The molecular weight excluding hydrogens is 336 g/mol. The number of rotatable bonds is 4. The van der Waals surface area contributed by atoms with Gasteiger partial charge < -0.3 is 15.2 Å². The fraction of sp³-hybridized carbons (Fsp3) is 0.556. The maximum absolute atomic E-state index is 6.11. The lowest BCUT2D eigenvalue weighted by atomic mass is 9.80. The Labute approximate surface area is 153 Å². The molecule has 1 aliphatic carbocycles. The summed E-state index contributed by atoms with van der Waals surface area (Å²) in [5.74, 6) is 2.63. The van der Waals surface area contributed by atoms with Gasteiger partial charge in [-0.3, -0.25) is 4.90 Å². The molecule has 7 heteroatoms. The van der Waals surface area contributed by atoms with Crippen LogP contribution in [0.15, 0.2) is 24.3 Å². The molecule has 1 aromatic heterocycles. The van der Waals surface area contributed by atoms with Crippen molar-refractivity contribution in [3.8, 4) is 0 Å². The summed E-state index contributed by atoms with van der Waals surface area (Å²) in [6, 6.07) is 8.43. The highest BCUT2D eigenvalue weighted by molar-refractivity contribution is 6.30. The van der Waals surface area contributed by atoms with Gasteiger partial charge in [-0.25, -0.2) is 0 Å². The maximum Gasteiger partial charge on any atom is 0.146 e. The third-order valence-corrected chi connectivity index (χ3v) is 5.68. The van der Waals surface area contributed by atoms with Crippen LogP contribution in [-0.4, -0.2) is 51.9 Å². The summed E-state index contributed by atoms with van der Waals surface area (Å²) in [6.45, 7) is 4.89. The first-order valence-corrected chi connectivity index (χ1v) is 9.34. The molecule has 2 aromatic rings. The van der Waals surface area contributed by atoms with E-state index >= 15 is 0 Å². The van der Waals surface area contributed by atoms with Gasteiger partial charge in [-0.1, -0.05) is 17.7 Å². The van der Waals surface area contributed by atoms with Crippen LogP contribution in [0.1, 0.15) is 30.4 Å². The van der Waals surface area contributed by atoms with Crippen LogP contribution < -0.4 is 10.6 Å². The average Bonchev–Trinajstić information content (AvgIpc) is 2.93. The Morgan fingerprint density at radius 1 is 1.16 bits per heavy atom. The number of benzene rings is 1. The Morgan fingerprint density at radius 3 is 2.60 bits per heavy atom. The van der Waals surface area contributed by atoms with Gasteiger partial charge in [0.25, 0.3) is 0 Å². The van der Waals surface area contributed by atoms with Crippen molar-refractivity contribution in [3.05, 3.63) is 40.9 Å². The Kier molecular flexibility index (Phi) is 4.67. The zero-order chi connectivity index (χ0) is 17.4. The van der Waals surface area contributed by atoms with Gasteiger partial charge in [0, 0.05) is 55.9 Å². The Balaban J connectivity index is 1.34. The van der Waals surface area contributed by atoms with Crippen molar-refractivity contribution in [2.45, 2.75) is 31.3 Å². The molecule has 25 heavy (non-hydrogen) atoms. The molecule has 2 heterocycles. The lowest BCUT2D eigenvalue weighted by Crippen LogP contribution is -2.46. The van der Waals surface area contributed by atoms with E-state index in [1.807, 2.05) is 18.2 Å².